The van der Waals surface area contributed by atoms with Gasteiger partial charge in [-0.2, -0.15) is 0 Å². The Morgan fingerprint density at radius 2 is 1.50 bits per heavy atom. The number of ether oxygens (including phenoxy) is 1. The van der Waals surface area contributed by atoms with E-state index in [-0.39, 0.29) is 0 Å². The van der Waals surface area contributed by atoms with E-state index in [1.165, 1.54) is 70.9 Å². The summed E-state index contributed by atoms with van der Waals surface area (Å²) in [4.78, 5) is 2.83. The molecule has 3 rings (SSSR count). The normalized spacial score (nSPS) is 25.5. The Morgan fingerprint density at radius 3 is 1.91 bits per heavy atom. The van der Waals surface area contributed by atoms with Gasteiger partial charge in [0.15, 0.2) is 0 Å². The summed E-state index contributed by atoms with van der Waals surface area (Å²) in [5.41, 5.74) is 0.810. The molecule has 0 N–H and O–H groups in total. The van der Waals surface area contributed by atoms with Crippen molar-refractivity contribution in [2.75, 3.05) is 26.8 Å². The van der Waals surface area contributed by atoms with Crippen LogP contribution in [0.3, 0.4) is 0 Å². The Morgan fingerprint density at radius 1 is 1.00 bits per heavy atom. The lowest BCUT2D eigenvalue weighted by Crippen LogP contribution is -2.49. The lowest BCUT2D eigenvalue weighted by Gasteiger charge is -2.53. The molecule has 2 heteroatoms. The second-order valence-electron chi connectivity index (χ2n) is 7.42. The standard InChI is InChI=1S/C15H27N.C3H8O.C2H6/c1-13-11-15(12-13)7-9-16(10-8-15)14-5-3-2-4-6-14;1-3-4-2;1-2/h13-14H,2-12H2,1H3;3H2,1-2H3;1-2H3. The maximum absolute atomic E-state index is 4.54. The van der Waals surface area contributed by atoms with E-state index in [1.54, 1.807) is 7.11 Å². The highest BCUT2D eigenvalue weighted by atomic mass is 16.5. The van der Waals surface area contributed by atoms with Gasteiger partial charge in [0, 0.05) is 19.8 Å². The summed E-state index contributed by atoms with van der Waals surface area (Å²) < 4.78 is 4.54. The molecule has 3 fully saturated rings. The summed E-state index contributed by atoms with van der Waals surface area (Å²) in [7, 11) is 1.68. The van der Waals surface area contributed by atoms with E-state index < -0.39 is 0 Å². The van der Waals surface area contributed by atoms with Crippen LogP contribution in [-0.4, -0.2) is 37.7 Å². The number of rotatable bonds is 2. The molecule has 3 aliphatic rings. The van der Waals surface area contributed by atoms with Crippen LogP contribution in [-0.2, 0) is 4.74 Å². The Labute approximate surface area is 140 Å². The molecule has 1 aliphatic heterocycles. The summed E-state index contributed by atoms with van der Waals surface area (Å²) >= 11 is 0. The number of piperidine rings is 1. The van der Waals surface area contributed by atoms with Crippen LogP contribution in [0.2, 0.25) is 0 Å². The molecular weight excluding hydrogens is 270 g/mol. The first-order chi connectivity index (χ1) is 10.7. The van der Waals surface area contributed by atoms with E-state index in [1.807, 2.05) is 20.8 Å². The van der Waals surface area contributed by atoms with Crippen molar-refractivity contribution < 1.29 is 4.74 Å². The fraction of sp³-hybridized carbons (Fsp3) is 1.00. The van der Waals surface area contributed by atoms with Crippen molar-refractivity contribution in [3.63, 3.8) is 0 Å². The molecule has 1 heterocycles. The first-order valence-electron chi connectivity index (χ1n) is 9.92. The minimum absolute atomic E-state index is 0.810. The minimum Gasteiger partial charge on any atom is -0.385 e. The lowest BCUT2D eigenvalue weighted by molar-refractivity contribution is -0.0222. The van der Waals surface area contributed by atoms with Crippen LogP contribution in [0.15, 0.2) is 0 Å². The summed E-state index contributed by atoms with van der Waals surface area (Å²) in [5.74, 6) is 1.03. The van der Waals surface area contributed by atoms with Gasteiger partial charge >= 0.3 is 0 Å². The van der Waals surface area contributed by atoms with Gasteiger partial charge in [-0.15, -0.1) is 0 Å². The van der Waals surface area contributed by atoms with Crippen LogP contribution in [0, 0.1) is 11.3 Å². The number of methoxy groups -OCH3 is 1. The van der Waals surface area contributed by atoms with Crippen molar-refractivity contribution in [3.05, 3.63) is 0 Å². The SMILES string of the molecule is CC.CC1CC2(CCN(C3CCCCC3)CC2)C1.CCOC. The zero-order valence-electron chi connectivity index (χ0n) is 16.0. The molecule has 0 radical (unpaired) electrons. The number of nitrogens with zero attached hydrogens (tertiary/aromatic N) is 1. The van der Waals surface area contributed by atoms with Gasteiger partial charge in [-0.1, -0.05) is 40.0 Å². The predicted octanol–water partition coefficient (Wildman–Crippen LogP) is 5.51. The van der Waals surface area contributed by atoms with Crippen LogP contribution >= 0.6 is 0 Å². The molecule has 2 saturated carbocycles. The number of likely N-dealkylation sites (tertiary alicyclic amines) is 1. The molecule has 132 valence electrons. The highest BCUT2D eigenvalue weighted by Crippen LogP contribution is 2.52. The van der Waals surface area contributed by atoms with Crippen LogP contribution in [0.5, 0.6) is 0 Å². The van der Waals surface area contributed by atoms with Gasteiger partial charge in [0.1, 0.15) is 0 Å². The summed E-state index contributed by atoms with van der Waals surface area (Å²) in [5, 5.41) is 0. The van der Waals surface area contributed by atoms with Gasteiger partial charge in [-0.3, -0.25) is 0 Å². The first-order valence-corrected chi connectivity index (χ1v) is 9.92. The molecule has 0 unspecified atom stereocenters. The molecule has 0 bridgehead atoms. The predicted molar refractivity (Wildman–Crippen MR) is 97.4 cm³/mol. The minimum atomic E-state index is 0.810. The average molecular weight is 312 g/mol. The van der Waals surface area contributed by atoms with Gasteiger partial charge in [0.05, 0.1) is 0 Å². The lowest BCUT2D eigenvalue weighted by atomic mass is 9.58. The van der Waals surface area contributed by atoms with Crippen LogP contribution in [0.25, 0.3) is 0 Å². The molecule has 1 spiro atoms. The third kappa shape index (κ3) is 5.85. The van der Waals surface area contributed by atoms with Crippen LogP contribution < -0.4 is 0 Å². The van der Waals surface area contributed by atoms with Crippen LogP contribution in [0.4, 0.5) is 0 Å². The molecule has 22 heavy (non-hydrogen) atoms. The fourth-order valence-corrected chi connectivity index (χ4v) is 4.64. The highest BCUT2D eigenvalue weighted by molar-refractivity contribution is 4.96. The average Bonchev–Trinajstić information content (AvgIpc) is 2.57. The van der Waals surface area contributed by atoms with Gasteiger partial charge in [-0.25, -0.2) is 0 Å². The van der Waals surface area contributed by atoms with Crippen molar-refractivity contribution in [2.45, 2.75) is 91.5 Å². The molecule has 2 nitrogen and oxygen atoms in total. The van der Waals surface area contributed by atoms with E-state index in [4.69, 9.17) is 0 Å². The Kier molecular flexibility index (Phi) is 9.66. The Balaban J connectivity index is 0.000000354. The number of hydrogen-bond acceptors (Lipinski definition) is 2. The largest absolute Gasteiger partial charge is 0.385 e. The summed E-state index contributed by atoms with van der Waals surface area (Å²) in [6, 6.07) is 0.962. The molecular formula is C20H41NO. The molecule has 0 aromatic carbocycles. The second-order valence-corrected chi connectivity index (χ2v) is 7.42. The van der Waals surface area contributed by atoms with Gasteiger partial charge < -0.3 is 9.64 Å². The zero-order chi connectivity index (χ0) is 16.4. The van der Waals surface area contributed by atoms with Crippen LogP contribution in [0.1, 0.15) is 85.5 Å². The fourth-order valence-electron chi connectivity index (χ4n) is 4.64. The number of hydrogen-bond donors (Lipinski definition) is 0. The molecule has 0 atom stereocenters. The summed E-state index contributed by atoms with van der Waals surface area (Å²) in [6.45, 7) is 12.0. The zero-order valence-corrected chi connectivity index (χ0v) is 16.0. The van der Waals surface area contributed by atoms with Crippen molar-refractivity contribution >= 4 is 0 Å². The van der Waals surface area contributed by atoms with E-state index in [2.05, 4.69) is 16.6 Å². The summed E-state index contributed by atoms with van der Waals surface area (Å²) in [6.07, 6.45) is 13.5. The molecule has 0 aromatic heterocycles. The van der Waals surface area contributed by atoms with E-state index >= 15 is 0 Å². The van der Waals surface area contributed by atoms with Crippen molar-refractivity contribution in [1.29, 1.82) is 0 Å². The highest BCUT2D eigenvalue weighted by Gasteiger charge is 2.44. The van der Waals surface area contributed by atoms with E-state index in [0.29, 0.717) is 0 Å². The molecule has 1 saturated heterocycles. The van der Waals surface area contributed by atoms with Crippen molar-refractivity contribution in [1.82, 2.24) is 4.90 Å². The topological polar surface area (TPSA) is 12.5 Å². The second kappa shape index (κ2) is 10.6. The maximum atomic E-state index is 4.54. The van der Waals surface area contributed by atoms with Crippen molar-refractivity contribution in [2.24, 2.45) is 11.3 Å². The van der Waals surface area contributed by atoms with Crippen molar-refractivity contribution in [3.8, 4) is 0 Å². The Hall–Kier alpha value is -0.0800. The smallest absolute Gasteiger partial charge is 0.0433 e. The molecule has 0 aromatic rings. The first kappa shape index (κ1) is 20.0. The third-order valence-corrected chi connectivity index (χ3v) is 5.80. The molecule has 2 aliphatic carbocycles. The van der Waals surface area contributed by atoms with Gasteiger partial charge in [0.25, 0.3) is 0 Å². The van der Waals surface area contributed by atoms with Gasteiger partial charge in [0.2, 0.25) is 0 Å². The molecule has 0 amide bonds. The third-order valence-electron chi connectivity index (χ3n) is 5.80. The monoisotopic (exact) mass is 311 g/mol. The maximum Gasteiger partial charge on any atom is 0.0433 e. The quantitative estimate of drug-likeness (QED) is 0.666. The Bertz CT molecular complexity index is 255. The van der Waals surface area contributed by atoms with Gasteiger partial charge in [-0.05, 0) is 69.9 Å². The van der Waals surface area contributed by atoms with E-state index in [9.17, 15) is 0 Å². The van der Waals surface area contributed by atoms with E-state index in [0.717, 1.165) is 24.0 Å².